The van der Waals surface area contributed by atoms with Gasteiger partial charge in [-0.1, -0.05) is 41.9 Å². The highest BCUT2D eigenvalue weighted by atomic mass is 79.9. The van der Waals surface area contributed by atoms with Gasteiger partial charge in [0.05, 0.1) is 11.1 Å². The van der Waals surface area contributed by atoms with Crippen molar-refractivity contribution in [2.75, 3.05) is 11.9 Å². The Bertz CT molecular complexity index is 1060. The quantitative estimate of drug-likeness (QED) is 0.452. The smallest absolute Gasteiger partial charge is 0.329 e. The number of ether oxygens (including phenoxy) is 1. The Kier molecular flexibility index (Phi) is 7.13. The Balaban J connectivity index is 1.71. The number of halogens is 1. The van der Waals surface area contributed by atoms with Gasteiger partial charge in [0.25, 0.3) is 17.7 Å². The van der Waals surface area contributed by atoms with Crippen molar-refractivity contribution in [3.8, 4) is 0 Å². The predicted molar refractivity (Wildman–Crippen MR) is 123 cm³/mol. The Hall–Kier alpha value is -3.00. The molecular weight excluding hydrogens is 476 g/mol. The fraction of sp³-hybridized carbons (Fsp3) is 0.333. The Morgan fingerprint density at radius 2 is 1.59 bits per heavy atom. The highest BCUT2D eigenvalue weighted by Crippen LogP contribution is 2.28. The van der Waals surface area contributed by atoms with Crippen LogP contribution in [0.1, 0.15) is 52.1 Å². The second kappa shape index (κ2) is 9.65. The molecule has 1 aliphatic heterocycles. The lowest BCUT2D eigenvalue weighted by Gasteiger charge is -2.25. The molecule has 0 saturated heterocycles. The van der Waals surface area contributed by atoms with Crippen LogP contribution < -0.4 is 5.32 Å². The van der Waals surface area contributed by atoms with Crippen molar-refractivity contribution >= 4 is 45.3 Å². The molecule has 3 amide bonds. The SMILES string of the molecule is Cc1c(Br)ccc(NC(=O)COC(=O)[C@@H](CC(C)C)N2C(=O)c3ccccc3C2=O)c1C. The van der Waals surface area contributed by atoms with Gasteiger partial charge in [-0.15, -0.1) is 0 Å². The van der Waals surface area contributed by atoms with Crippen LogP contribution >= 0.6 is 15.9 Å². The normalized spacial score (nSPS) is 13.9. The number of hydrogen-bond acceptors (Lipinski definition) is 5. The molecule has 0 fully saturated rings. The first-order chi connectivity index (χ1) is 15.1. The summed E-state index contributed by atoms with van der Waals surface area (Å²) in [4.78, 5) is 51.9. The summed E-state index contributed by atoms with van der Waals surface area (Å²) in [5.41, 5.74) is 3.02. The van der Waals surface area contributed by atoms with E-state index in [0.717, 1.165) is 20.5 Å². The lowest BCUT2D eigenvalue weighted by atomic mass is 10.0. The molecule has 1 aliphatic rings. The maximum atomic E-state index is 12.9. The number of esters is 1. The average molecular weight is 501 g/mol. The van der Waals surface area contributed by atoms with Gasteiger partial charge in [-0.25, -0.2) is 4.79 Å². The van der Waals surface area contributed by atoms with E-state index in [1.54, 1.807) is 30.3 Å². The molecule has 0 spiro atoms. The zero-order chi connectivity index (χ0) is 23.6. The van der Waals surface area contributed by atoms with Crippen molar-refractivity contribution in [3.05, 3.63) is 63.1 Å². The molecule has 0 unspecified atom stereocenters. The van der Waals surface area contributed by atoms with Crippen molar-refractivity contribution in [1.29, 1.82) is 0 Å². The van der Waals surface area contributed by atoms with Crippen LogP contribution in [0.2, 0.25) is 0 Å². The van der Waals surface area contributed by atoms with Crippen molar-refractivity contribution in [2.45, 2.75) is 40.2 Å². The molecule has 2 aromatic carbocycles. The third kappa shape index (κ3) is 4.75. The van der Waals surface area contributed by atoms with E-state index in [2.05, 4.69) is 21.2 Å². The zero-order valence-electron chi connectivity index (χ0n) is 18.4. The Morgan fingerprint density at radius 1 is 1.00 bits per heavy atom. The molecule has 7 nitrogen and oxygen atoms in total. The summed E-state index contributed by atoms with van der Waals surface area (Å²) in [6.07, 6.45) is 0.233. The van der Waals surface area contributed by atoms with Crippen LogP contribution in [0.4, 0.5) is 5.69 Å². The summed E-state index contributed by atoms with van der Waals surface area (Å²) in [6, 6.07) is 8.93. The fourth-order valence-electron chi connectivity index (χ4n) is 3.59. The molecule has 1 heterocycles. The third-order valence-corrected chi connectivity index (χ3v) is 6.30. The molecule has 0 radical (unpaired) electrons. The van der Waals surface area contributed by atoms with Crippen LogP contribution in [-0.4, -0.2) is 41.2 Å². The maximum absolute atomic E-state index is 12.9. The molecule has 1 N–H and O–H groups in total. The largest absolute Gasteiger partial charge is 0.454 e. The zero-order valence-corrected chi connectivity index (χ0v) is 20.0. The molecular formula is C24H25BrN2O5. The van der Waals surface area contributed by atoms with Crippen LogP contribution in [0.3, 0.4) is 0 Å². The molecule has 0 aliphatic carbocycles. The summed E-state index contributed by atoms with van der Waals surface area (Å²) in [6.45, 7) is 7.04. The monoisotopic (exact) mass is 500 g/mol. The first-order valence-corrected chi connectivity index (χ1v) is 11.1. The number of hydrogen-bond donors (Lipinski definition) is 1. The topological polar surface area (TPSA) is 92.8 Å². The van der Waals surface area contributed by atoms with Crippen molar-refractivity contribution < 1.29 is 23.9 Å². The Labute approximate surface area is 195 Å². The minimum Gasteiger partial charge on any atom is -0.454 e. The highest BCUT2D eigenvalue weighted by molar-refractivity contribution is 9.10. The first kappa shape index (κ1) is 23.7. The van der Waals surface area contributed by atoms with Crippen LogP contribution in [0, 0.1) is 19.8 Å². The van der Waals surface area contributed by atoms with Crippen LogP contribution in [0.15, 0.2) is 40.9 Å². The van der Waals surface area contributed by atoms with Gasteiger partial charge in [0, 0.05) is 10.2 Å². The van der Waals surface area contributed by atoms with Gasteiger partial charge in [0.2, 0.25) is 0 Å². The molecule has 2 aromatic rings. The third-order valence-electron chi connectivity index (χ3n) is 5.44. The number of rotatable bonds is 7. The number of benzene rings is 2. The highest BCUT2D eigenvalue weighted by Gasteiger charge is 2.43. The fourth-order valence-corrected chi connectivity index (χ4v) is 4.02. The molecule has 168 valence electrons. The van der Waals surface area contributed by atoms with Gasteiger partial charge in [0.1, 0.15) is 6.04 Å². The minimum atomic E-state index is -1.10. The van der Waals surface area contributed by atoms with E-state index < -0.39 is 36.3 Å². The van der Waals surface area contributed by atoms with E-state index in [9.17, 15) is 19.2 Å². The number of carbonyl (C=O) groups excluding carboxylic acids is 4. The van der Waals surface area contributed by atoms with Gasteiger partial charge in [0.15, 0.2) is 6.61 Å². The molecule has 0 bridgehead atoms. The number of fused-ring (bicyclic) bond motifs is 1. The second-order valence-electron chi connectivity index (χ2n) is 8.17. The van der Waals surface area contributed by atoms with Crippen LogP contribution in [-0.2, 0) is 14.3 Å². The number of amides is 3. The number of nitrogens with one attached hydrogen (secondary N) is 1. The van der Waals surface area contributed by atoms with E-state index in [1.165, 1.54) is 0 Å². The lowest BCUT2D eigenvalue weighted by molar-refractivity contribution is -0.151. The standard InChI is InChI=1S/C24H25BrN2O5/c1-13(2)11-20(27-22(29)16-7-5-6-8-17(16)23(27)30)24(31)32-12-21(28)26-19-10-9-18(25)14(3)15(19)4/h5-10,13,20H,11-12H2,1-4H3,(H,26,28)/t20-/m1/s1. The molecule has 3 rings (SSSR count). The van der Waals surface area contributed by atoms with Crippen molar-refractivity contribution in [3.63, 3.8) is 0 Å². The summed E-state index contributed by atoms with van der Waals surface area (Å²) >= 11 is 3.44. The van der Waals surface area contributed by atoms with Crippen LogP contribution in [0.25, 0.3) is 0 Å². The molecule has 1 atom stereocenters. The first-order valence-electron chi connectivity index (χ1n) is 10.3. The molecule has 8 heteroatoms. The number of imide groups is 1. The number of nitrogens with zero attached hydrogens (tertiary/aromatic N) is 1. The summed E-state index contributed by atoms with van der Waals surface area (Å²) in [5, 5.41) is 2.73. The summed E-state index contributed by atoms with van der Waals surface area (Å²) < 4.78 is 6.16. The van der Waals surface area contributed by atoms with Crippen LogP contribution in [0.5, 0.6) is 0 Å². The van der Waals surface area contributed by atoms with Gasteiger partial charge in [-0.05, 0) is 61.6 Å². The molecule has 0 saturated carbocycles. The van der Waals surface area contributed by atoms with Gasteiger partial charge in [-0.2, -0.15) is 0 Å². The average Bonchev–Trinajstić information content (AvgIpc) is 3.01. The molecule has 32 heavy (non-hydrogen) atoms. The Morgan fingerprint density at radius 3 is 2.16 bits per heavy atom. The summed E-state index contributed by atoms with van der Waals surface area (Å²) in [7, 11) is 0. The maximum Gasteiger partial charge on any atom is 0.329 e. The van der Waals surface area contributed by atoms with Gasteiger partial charge in [-0.3, -0.25) is 19.3 Å². The van der Waals surface area contributed by atoms with E-state index in [-0.39, 0.29) is 23.5 Å². The van der Waals surface area contributed by atoms with Gasteiger partial charge >= 0.3 is 5.97 Å². The van der Waals surface area contributed by atoms with E-state index in [4.69, 9.17) is 4.74 Å². The van der Waals surface area contributed by atoms with Crippen molar-refractivity contribution in [2.24, 2.45) is 5.92 Å². The summed E-state index contributed by atoms with van der Waals surface area (Å²) in [5.74, 6) is -2.34. The number of anilines is 1. The molecule has 0 aromatic heterocycles. The minimum absolute atomic E-state index is 0.0130. The van der Waals surface area contributed by atoms with E-state index >= 15 is 0 Å². The van der Waals surface area contributed by atoms with E-state index in [0.29, 0.717) is 5.69 Å². The van der Waals surface area contributed by atoms with E-state index in [1.807, 2.05) is 33.8 Å². The lowest BCUT2D eigenvalue weighted by Crippen LogP contribution is -2.46. The predicted octanol–water partition coefficient (Wildman–Crippen LogP) is 4.26. The van der Waals surface area contributed by atoms with Gasteiger partial charge < -0.3 is 10.1 Å². The second-order valence-corrected chi connectivity index (χ2v) is 9.03. The number of carbonyl (C=O) groups is 4. The van der Waals surface area contributed by atoms with Crippen molar-refractivity contribution in [1.82, 2.24) is 4.90 Å².